The number of fused-ring (bicyclic) bond motifs is 7. The minimum atomic E-state index is -0.0935. The smallest absolute Gasteiger partial charge is 0.252 e. The highest BCUT2D eigenvalue weighted by Gasteiger charge is 2.59. The van der Waals surface area contributed by atoms with Gasteiger partial charge in [0.05, 0.1) is 5.54 Å². The molecule has 0 radical (unpaired) electrons. The molecule has 0 spiro atoms. The molecule has 2 unspecified atom stereocenters. The summed E-state index contributed by atoms with van der Waals surface area (Å²) in [5.74, 6) is 0. The fourth-order valence-corrected chi connectivity index (χ4v) is 12.4. The molecule has 4 aliphatic rings. The normalized spacial score (nSPS) is 19.2. The Labute approximate surface area is 398 Å². The maximum Gasteiger partial charge on any atom is 0.252 e. The number of nitrogens with zero attached hydrogens (tertiary/aromatic N) is 3. The van der Waals surface area contributed by atoms with Gasteiger partial charge >= 0.3 is 0 Å². The van der Waals surface area contributed by atoms with Crippen molar-refractivity contribution in [2.75, 3.05) is 14.7 Å². The quantitative estimate of drug-likeness (QED) is 0.160. The molecule has 8 aromatic carbocycles. The van der Waals surface area contributed by atoms with Gasteiger partial charge in [0, 0.05) is 50.9 Å². The highest BCUT2D eigenvalue weighted by atomic mass is 15.3. The van der Waals surface area contributed by atoms with Crippen molar-refractivity contribution in [3.8, 4) is 22.3 Å². The maximum absolute atomic E-state index is 2.75. The highest BCUT2D eigenvalue weighted by molar-refractivity contribution is 7.00. The lowest BCUT2D eigenvalue weighted by Crippen LogP contribution is -2.61. The summed E-state index contributed by atoms with van der Waals surface area (Å²) in [6.45, 7) is 19.0. The van der Waals surface area contributed by atoms with Gasteiger partial charge in [-0.05, 0) is 141 Å². The van der Waals surface area contributed by atoms with Gasteiger partial charge in [0.15, 0.2) is 0 Å². The van der Waals surface area contributed by atoms with E-state index >= 15 is 0 Å². The molecule has 0 saturated heterocycles. The molecule has 12 rings (SSSR count). The second-order valence-electron chi connectivity index (χ2n) is 22.2. The predicted octanol–water partition coefficient (Wildman–Crippen LogP) is 15.1. The Morgan fingerprint density at radius 1 is 0.418 bits per heavy atom. The van der Waals surface area contributed by atoms with Crippen LogP contribution in [0.2, 0.25) is 0 Å². The molecule has 0 amide bonds. The first-order valence-electron chi connectivity index (χ1n) is 24.5. The zero-order chi connectivity index (χ0) is 46.0. The SMILES string of the molecule is CC(C)(C)c1ccc(N2c3ccc(C(C)(C)C)cc3B3c4cc(-c5ccccc5)ccc4N(c4ccc(-c5ccccc5)cc4)c4cc(N5c6ccccc6C6(C)CCCC56C)cc2c43)cc1. The van der Waals surface area contributed by atoms with Crippen LogP contribution in [0.25, 0.3) is 22.3 Å². The lowest BCUT2D eigenvalue weighted by Gasteiger charge is -2.47. The lowest BCUT2D eigenvalue weighted by atomic mass is 9.33. The largest absolute Gasteiger partial charge is 0.334 e. The minimum absolute atomic E-state index is 0.0156. The first kappa shape index (κ1) is 41.6. The number of benzene rings is 8. The van der Waals surface area contributed by atoms with Gasteiger partial charge in [-0.15, -0.1) is 0 Å². The van der Waals surface area contributed by atoms with Crippen LogP contribution < -0.4 is 31.1 Å². The summed E-state index contributed by atoms with van der Waals surface area (Å²) < 4.78 is 0. The van der Waals surface area contributed by atoms with Crippen molar-refractivity contribution in [3.63, 3.8) is 0 Å². The zero-order valence-electron chi connectivity index (χ0n) is 40.4. The first-order chi connectivity index (χ1) is 32.2. The van der Waals surface area contributed by atoms with E-state index in [1.807, 2.05) is 0 Å². The standard InChI is InChI=1S/C63H60BN3/c1-60(2,3)46-27-32-49(33-28-46)66-56-35-29-47(61(4,5)6)39-53(56)64-52-38-45(43-20-13-10-14-21-43)26-34-55(52)65(48-30-24-44(25-31-48)42-18-11-9-12-19-42)57-40-50(41-58(66)59(57)64)67-54-23-16-15-22-51(54)62(7)36-17-37-63(62,67)8/h9-16,18-35,38-41H,17,36-37H2,1-8H3. The third-order valence-electron chi connectivity index (χ3n) is 16.3. The predicted molar refractivity (Wildman–Crippen MR) is 287 cm³/mol. The van der Waals surface area contributed by atoms with Gasteiger partial charge in [-0.25, -0.2) is 0 Å². The summed E-state index contributed by atoms with van der Waals surface area (Å²) in [6.07, 6.45) is 3.54. The van der Waals surface area contributed by atoms with Gasteiger partial charge < -0.3 is 14.7 Å². The van der Waals surface area contributed by atoms with E-state index < -0.39 is 0 Å². The van der Waals surface area contributed by atoms with Crippen molar-refractivity contribution < 1.29 is 0 Å². The molecule has 2 atom stereocenters. The Hall–Kier alpha value is -6.78. The molecule has 67 heavy (non-hydrogen) atoms. The Kier molecular flexibility index (Phi) is 9.24. The second kappa shape index (κ2) is 14.9. The molecule has 0 N–H and O–H groups in total. The van der Waals surface area contributed by atoms with Crippen LogP contribution >= 0.6 is 0 Å². The van der Waals surface area contributed by atoms with E-state index in [-0.39, 0.29) is 28.5 Å². The van der Waals surface area contributed by atoms with Crippen LogP contribution in [0, 0.1) is 0 Å². The summed E-state index contributed by atoms with van der Waals surface area (Å²) in [7, 11) is 0. The van der Waals surface area contributed by atoms with E-state index in [1.54, 1.807) is 0 Å². The van der Waals surface area contributed by atoms with Crippen molar-refractivity contribution in [2.45, 2.75) is 96.4 Å². The Bertz CT molecular complexity index is 3220. The van der Waals surface area contributed by atoms with Crippen LogP contribution in [0.1, 0.15) is 91.3 Å². The van der Waals surface area contributed by atoms with Crippen LogP contribution in [0.5, 0.6) is 0 Å². The minimum Gasteiger partial charge on any atom is -0.334 e. The van der Waals surface area contributed by atoms with Crippen molar-refractivity contribution in [3.05, 3.63) is 199 Å². The highest BCUT2D eigenvalue weighted by Crippen LogP contribution is 2.63. The van der Waals surface area contributed by atoms with E-state index in [2.05, 4.69) is 252 Å². The Morgan fingerprint density at radius 2 is 0.910 bits per heavy atom. The number of para-hydroxylation sites is 1. The molecular weight excluding hydrogens is 810 g/mol. The summed E-state index contributed by atoms with van der Waals surface area (Å²) >= 11 is 0. The van der Waals surface area contributed by atoms with Crippen molar-refractivity contribution in [1.82, 2.24) is 0 Å². The molecule has 1 aliphatic carbocycles. The maximum atomic E-state index is 2.75. The fourth-order valence-electron chi connectivity index (χ4n) is 12.4. The number of hydrogen-bond acceptors (Lipinski definition) is 3. The molecule has 3 nitrogen and oxygen atoms in total. The molecule has 8 aromatic rings. The average molecular weight is 870 g/mol. The van der Waals surface area contributed by atoms with E-state index in [1.165, 1.54) is 108 Å². The second-order valence-corrected chi connectivity index (χ2v) is 22.2. The van der Waals surface area contributed by atoms with Gasteiger partial charge in [0.1, 0.15) is 0 Å². The van der Waals surface area contributed by atoms with E-state index in [4.69, 9.17) is 0 Å². The van der Waals surface area contributed by atoms with Crippen LogP contribution in [0.4, 0.5) is 45.5 Å². The number of rotatable bonds is 5. The van der Waals surface area contributed by atoms with Gasteiger partial charge in [0.25, 0.3) is 6.71 Å². The molecule has 4 heteroatoms. The molecule has 1 fully saturated rings. The third-order valence-corrected chi connectivity index (χ3v) is 16.3. The molecule has 0 aromatic heterocycles. The average Bonchev–Trinajstić information content (AvgIpc) is 3.74. The van der Waals surface area contributed by atoms with E-state index in [0.717, 1.165) is 12.1 Å². The Morgan fingerprint density at radius 3 is 1.52 bits per heavy atom. The van der Waals surface area contributed by atoms with Crippen molar-refractivity contribution >= 4 is 68.6 Å². The van der Waals surface area contributed by atoms with Crippen LogP contribution in [0.3, 0.4) is 0 Å². The van der Waals surface area contributed by atoms with Crippen LogP contribution in [-0.2, 0) is 16.2 Å². The first-order valence-corrected chi connectivity index (χ1v) is 24.5. The van der Waals surface area contributed by atoms with Gasteiger partial charge in [-0.2, -0.15) is 0 Å². The monoisotopic (exact) mass is 869 g/mol. The molecule has 330 valence electrons. The van der Waals surface area contributed by atoms with Gasteiger partial charge in [-0.3, -0.25) is 0 Å². The van der Waals surface area contributed by atoms with Crippen LogP contribution in [-0.4, -0.2) is 12.3 Å². The summed E-state index contributed by atoms with van der Waals surface area (Å²) in [4.78, 5) is 7.95. The third kappa shape index (κ3) is 6.32. The lowest BCUT2D eigenvalue weighted by molar-refractivity contribution is 0.330. The molecule has 0 bridgehead atoms. The van der Waals surface area contributed by atoms with Crippen molar-refractivity contribution in [1.29, 1.82) is 0 Å². The summed E-state index contributed by atoms with van der Waals surface area (Å²) in [5, 5.41) is 0. The number of hydrogen-bond donors (Lipinski definition) is 0. The van der Waals surface area contributed by atoms with E-state index in [0.29, 0.717) is 0 Å². The molecular formula is C63H60BN3. The topological polar surface area (TPSA) is 9.72 Å². The fraction of sp³-hybridized carbons (Fsp3) is 0.238. The van der Waals surface area contributed by atoms with Gasteiger partial charge in [0.2, 0.25) is 0 Å². The molecule has 1 saturated carbocycles. The molecule has 3 aliphatic heterocycles. The number of anilines is 8. The molecule has 3 heterocycles. The summed E-state index contributed by atoms with van der Waals surface area (Å²) in [6, 6.07) is 69.5. The van der Waals surface area contributed by atoms with Crippen molar-refractivity contribution in [2.24, 2.45) is 0 Å². The summed E-state index contributed by atoms with van der Waals surface area (Å²) in [5.41, 5.74) is 22.9. The zero-order valence-corrected chi connectivity index (χ0v) is 40.4. The van der Waals surface area contributed by atoms with Gasteiger partial charge in [-0.1, -0.05) is 182 Å². The van der Waals surface area contributed by atoms with Crippen LogP contribution in [0.15, 0.2) is 182 Å². The Balaban J connectivity index is 1.19. The van der Waals surface area contributed by atoms with E-state index in [9.17, 15) is 0 Å².